The van der Waals surface area contributed by atoms with Crippen molar-refractivity contribution in [3.8, 4) is 11.5 Å². The number of ether oxygens (including phenoxy) is 1. The summed E-state index contributed by atoms with van der Waals surface area (Å²) in [5.41, 5.74) is 0.735. The number of hydrogen-bond acceptors (Lipinski definition) is 5. The molecule has 0 bridgehead atoms. The molecule has 0 spiro atoms. The normalized spacial score (nSPS) is 17.1. The van der Waals surface area contributed by atoms with Crippen molar-refractivity contribution in [3.63, 3.8) is 0 Å². The number of thioether (sulfide) groups is 1. The van der Waals surface area contributed by atoms with E-state index in [-0.39, 0.29) is 11.7 Å². The first-order chi connectivity index (χ1) is 8.51. The summed E-state index contributed by atoms with van der Waals surface area (Å²) in [7, 11) is 1.46. The summed E-state index contributed by atoms with van der Waals surface area (Å²) in [5, 5.41) is 12.2. The number of aromatic hydroxyl groups is 1. The number of carbonyl (C=O) groups is 1. The minimum absolute atomic E-state index is 0.0266. The molecule has 1 amide bonds. The minimum atomic E-state index is -0.215. The zero-order valence-corrected chi connectivity index (χ0v) is 12.4. The quantitative estimate of drug-likeness (QED) is 0.637. The van der Waals surface area contributed by atoms with Crippen LogP contribution < -0.4 is 10.1 Å². The average Bonchev–Trinajstić information content (AvgIpc) is 2.62. The van der Waals surface area contributed by atoms with E-state index in [1.165, 1.54) is 18.9 Å². The number of methoxy groups -OCH3 is 1. The van der Waals surface area contributed by atoms with Crippen molar-refractivity contribution in [1.82, 2.24) is 5.32 Å². The molecule has 1 fully saturated rings. The molecule has 1 aromatic carbocycles. The number of halogens is 1. The van der Waals surface area contributed by atoms with Gasteiger partial charge in [-0.15, -0.1) is 0 Å². The Morgan fingerprint density at radius 3 is 2.83 bits per heavy atom. The predicted molar refractivity (Wildman–Crippen MR) is 78.7 cm³/mol. The van der Waals surface area contributed by atoms with Gasteiger partial charge in [-0.2, -0.15) is 0 Å². The maximum absolute atomic E-state index is 11.5. The fourth-order valence-corrected chi connectivity index (χ4v) is 2.91. The van der Waals surface area contributed by atoms with Crippen LogP contribution in [0, 0.1) is 0 Å². The Kier molecular flexibility index (Phi) is 3.94. The zero-order chi connectivity index (χ0) is 13.3. The van der Waals surface area contributed by atoms with Crippen LogP contribution in [-0.4, -0.2) is 22.4 Å². The molecule has 94 valence electrons. The fraction of sp³-hybridized carbons (Fsp3) is 0.0909. The van der Waals surface area contributed by atoms with Gasteiger partial charge in [-0.3, -0.25) is 4.79 Å². The van der Waals surface area contributed by atoms with Crippen LogP contribution in [0.5, 0.6) is 11.5 Å². The number of phenolic OH excluding ortho intramolecular Hbond substituents is 1. The SMILES string of the molecule is COc1cc(C=C2SC(=S)NC2=O)cc(Br)c1O. The molecule has 1 saturated heterocycles. The minimum Gasteiger partial charge on any atom is -0.503 e. The summed E-state index contributed by atoms with van der Waals surface area (Å²) in [5.74, 6) is 0.147. The molecule has 2 rings (SSSR count). The number of rotatable bonds is 2. The zero-order valence-electron chi connectivity index (χ0n) is 9.19. The van der Waals surface area contributed by atoms with Crippen molar-refractivity contribution in [3.05, 3.63) is 27.1 Å². The van der Waals surface area contributed by atoms with Crippen molar-refractivity contribution in [2.45, 2.75) is 0 Å². The van der Waals surface area contributed by atoms with Gasteiger partial charge in [-0.25, -0.2) is 0 Å². The van der Waals surface area contributed by atoms with Gasteiger partial charge in [0, 0.05) is 0 Å². The Labute approximate surface area is 122 Å². The molecular weight excluding hydrogens is 338 g/mol. The third-order valence-electron chi connectivity index (χ3n) is 2.21. The van der Waals surface area contributed by atoms with Gasteiger partial charge in [0.15, 0.2) is 11.5 Å². The van der Waals surface area contributed by atoms with Gasteiger partial charge < -0.3 is 15.2 Å². The predicted octanol–water partition coefficient (Wildman–Crippen LogP) is 2.65. The lowest BCUT2D eigenvalue weighted by Gasteiger charge is -2.06. The smallest absolute Gasteiger partial charge is 0.263 e. The highest BCUT2D eigenvalue weighted by molar-refractivity contribution is 9.10. The third-order valence-corrected chi connectivity index (χ3v) is 3.98. The molecule has 1 aliphatic rings. The fourth-order valence-electron chi connectivity index (χ4n) is 1.41. The second-order valence-corrected chi connectivity index (χ2v) is 5.98. The molecule has 0 aliphatic carbocycles. The van der Waals surface area contributed by atoms with E-state index in [0.29, 0.717) is 19.4 Å². The number of carbonyl (C=O) groups excluding carboxylic acids is 1. The van der Waals surface area contributed by atoms with Crippen LogP contribution in [0.3, 0.4) is 0 Å². The molecule has 0 radical (unpaired) electrons. The second-order valence-electron chi connectivity index (χ2n) is 3.41. The lowest BCUT2D eigenvalue weighted by atomic mass is 10.2. The number of hydrogen-bond donors (Lipinski definition) is 2. The first-order valence-electron chi connectivity index (χ1n) is 4.82. The lowest BCUT2D eigenvalue weighted by Crippen LogP contribution is -2.17. The summed E-state index contributed by atoms with van der Waals surface area (Å²) in [6, 6.07) is 3.34. The van der Waals surface area contributed by atoms with Crippen LogP contribution in [-0.2, 0) is 4.79 Å². The van der Waals surface area contributed by atoms with Crippen LogP contribution >= 0.6 is 39.9 Å². The Bertz CT molecular complexity index is 572. The van der Waals surface area contributed by atoms with E-state index in [2.05, 4.69) is 21.2 Å². The third kappa shape index (κ3) is 2.68. The monoisotopic (exact) mass is 345 g/mol. The molecule has 1 aliphatic heterocycles. The first-order valence-corrected chi connectivity index (χ1v) is 6.84. The summed E-state index contributed by atoms with van der Waals surface area (Å²) < 4.78 is 5.98. The van der Waals surface area contributed by atoms with Gasteiger partial charge in [0.25, 0.3) is 5.91 Å². The van der Waals surface area contributed by atoms with E-state index in [0.717, 1.165) is 5.56 Å². The molecule has 7 heteroatoms. The highest BCUT2D eigenvalue weighted by atomic mass is 79.9. The van der Waals surface area contributed by atoms with Crippen LogP contribution in [0.2, 0.25) is 0 Å². The molecule has 1 aromatic rings. The Morgan fingerprint density at radius 2 is 2.28 bits per heavy atom. The summed E-state index contributed by atoms with van der Waals surface area (Å²) in [6.07, 6.45) is 1.69. The molecular formula is C11H8BrNO3S2. The molecule has 1 heterocycles. The molecule has 0 aromatic heterocycles. The Balaban J connectivity index is 2.41. The van der Waals surface area contributed by atoms with Gasteiger partial charge >= 0.3 is 0 Å². The number of nitrogens with one attached hydrogen (secondary N) is 1. The summed E-state index contributed by atoms with van der Waals surface area (Å²) in [6.45, 7) is 0. The number of benzene rings is 1. The van der Waals surface area contributed by atoms with E-state index in [4.69, 9.17) is 17.0 Å². The maximum atomic E-state index is 11.5. The molecule has 18 heavy (non-hydrogen) atoms. The van der Waals surface area contributed by atoms with Crippen molar-refractivity contribution >= 4 is 56.2 Å². The number of thiocarbonyl (C=S) groups is 1. The van der Waals surface area contributed by atoms with Gasteiger partial charge in [0.2, 0.25) is 0 Å². The van der Waals surface area contributed by atoms with Gasteiger partial charge in [0.05, 0.1) is 16.5 Å². The molecule has 4 nitrogen and oxygen atoms in total. The molecule has 0 saturated carbocycles. The Hall–Kier alpha value is -1.05. The van der Waals surface area contributed by atoms with E-state index in [1.807, 2.05) is 0 Å². The van der Waals surface area contributed by atoms with Crippen molar-refractivity contribution in [1.29, 1.82) is 0 Å². The molecule has 0 atom stereocenters. The van der Waals surface area contributed by atoms with E-state index < -0.39 is 0 Å². The molecule has 0 unspecified atom stereocenters. The van der Waals surface area contributed by atoms with Gasteiger partial charge in [0.1, 0.15) is 4.32 Å². The van der Waals surface area contributed by atoms with Crippen molar-refractivity contribution in [2.75, 3.05) is 7.11 Å². The lowest BCUT2D eigenvalue weighted by molar-refractivity contribution is -0.115. The van der Waals surface area contributed by atoms with Crippen molar-refractivity contribution in [2.24, 2.45) is 0 Å². The Morgan fingerprint density at radius 1 is 1.56 bits per heavy atom. The van der Waals surface area contributed by atoms with Crippen LogP contribution in [0.25, 0.3) is 6.08 Å². The van der Waals surface area contributed by atoms with E-state index in [1.54, 1.807) is 18.2 Å². The van der Waals surface area contributed by atoms with Gasteiger partial charge in [-0.1, -0.05) is 24.0 Å². The highest BCUT2D eigenvalue weighted by Crippen LogP contribution is 2.36. The molecule has 2 N–H and O–H groups in total. The van der Waals surface area contributed by atoms with E-state index >= 15 is 0 Å². The summed E-state index contributed by atoms with van der Waals surface area (Å²) in [4.78, 5) is 12.0. The average molecular weight is 346 g/mol. The summed E-state index contributed by atoms with van der Waals surface area (Å²) >= 11 is 9.33. The second kappa shape index (κ2) is 5.29. The van der Waals surface area contributed by atoms with Crippen LogP contribution in [0.4, 0.5) is 0 Å². The largest absolute Gasteiger partial charge is 0.503 e. The standard InChI is InChI=1S/C11H8BrNO3S2/c1-16-7-3-5(2-6(12)9(7)14)4-8-10(15)13-11(17)18-8/h2-4,14H,1H3,(H,13,15,17). The first kappa shape index (κ1) is 13.4. The van der Waals surface area contributed by atoms with Crippen molar-refractivity contribution < 1.29 is 14.6 Å². The highest BCUT2D eigenvalue weighted by Gasteiger charge is 2.22. The maximum Gasteiger partial charge on any atom is 0.263 e. The number of phenols is 1. The van der Waals surface area contributed by atoms with Crippen LogP contribution in [0.1, 0.15) is 5.56 Å². The number of amides is 1. The van der Waals surface area contributed by atoms with E-state index in [9.17, 15) is 9.90 Å². The van der Waals surface area contributed by atoms with Crippen LogP contribution in [0.15, 0.2) is 21.5 Å². The van der Waals surface area contributed by atoms with Gasteiger partial charge in [-0.05, 0) is 39.7 Å². The topological polar surface area (TPSA) is 58.6 Å².